The van der Waals surface area contributed by atoms with Gasteiger partial charge < -0.3 is 10.8 Å². The largest absolute Gasteiger partial charge is 0.391 e. The zero-order valence-electron chi connectivity index (χ0n) is 8.46. The number of hydrogen-bond donors (Lipinski definition) is 2. The molecule has 0 aliphatic carbocycles. The van der Waals surface area contributed by atoms with Gasteiger partial charge in [0.25, 0.3) is 5.69 Å². The van der Waals surface area contributed by atoms with Crippen LogP contribution >= 0.6 is 24.0 Å². The van der Waals surface area contributed by atoms with Crippen molar-refractivity contribution in [2.75, 3.05) is 0 Å². The molecule has 0 saturated heterocycles. The van der Waals surface area contributed by atoms with E-state index in [2.05, 4.69) is 0 Å². The van der Waals surface area contributed by atoms with Crippen LogP contribution in [0.3, 0.4) is 0 Å². The topological polar surface area (TPSA) is 89.4 Å². The molecule has 7 heteroatoms. The van der Waals surface area contributed by atoms with E-state index < -0.39 is 17.1 Å². The predicted octanol–water partition coefficient (Wildman–Crippen LogP) is 2.05. The van der Waals surface area contributed by atoms with E-state index >= 15 is 0 Å². The van der Waals surface area contributed by atoms with E-state index in [9.17, 15) is 15.2 Å². The zero-order valence-corrected chi connectivity index (χ0v) is 10.0. The van der Waals surface area contributed by atoms with Crippen molar-refractivity contribution in [1.29, 1.82) is 0 Å². The van der Waals surface area contributed by atoms with Crippen LogP contribution in [0.1, 0.15) is 18.5 Å². The Morgan fingerprint density at radius 1 is 1.56 bits per heavy atom. The Balaban J connectivity index is 0.00000225. The highest BCUT2D eigenvalue weighted by Gasteiger charge is 2.18. The summed E-state index contributed by atoms with van der Waals surface area (Å²) in [6, 6.07) is 3.59. The monoisotopic (exact) mass is 266 g/mol. The summed E-state index contributed by atoms with van der Waals surface area (Å²) in [7, 11) is 0. The Hall–Kier alpha value is -0.880. The first kappa shape index (κ1) is 15.1. The van der Waals surface area contributed by atoms with Gasteiger partial charge >= 0.3 is 0 Å². The van der Waals surface area contributed by atoms with Gasteiger partial charge in [-0.25, -0.2) is 0 Å². The lowest BCUT2D eigenvalue weighted by Crippen LogP contribution is -2.23. The summed E-state index contributed by atoms with van der Waals surface area (Å²) in [4.78, 5) is 10.0. The summed E-state index contributed by atoms with van der Waals surface area (Å²) < 4.78 is 0. The average Bonchev–Trinajstić information content (AvgIpc) is 2.16. The minimum atomic E-state index is -0.772. The molecule has 5 nitrogen and oxygen atoms in total. The van der Waals surface area contributed by atoms with Crippen molar-refractivity contribution in [2.45, 2.75) is 19.1 Å². The highest BCUT2D eigenvalue weighted by molar-refractivity contribution is 6.32. The molecule has 90 valence electrons. The van der Waals surface area contributed by atoms with Gasteiger partial charge in [0.15, 0.2) is 0 Å². The second kappa shape index (κ2) is 6.00. The highest BCUT2D eigenvalue weighted by Crippen LogP contribution is 2.27. The van der Waals surface area contributed by atoms with Gasteiger partial charge in [-0.2, -0.15) is 0 Å². The normalized spacial score (nSPS) is 13.8. The third-order valence-corrected chi connectivity index (χ3v) is 2.39. The van der Waals surface area contributed by atoms with E-state index in [1.165, 1.54) is 19.1 Å². The Kier molecular flexibility index (Phi) is 5.67. The quantitative estimate of drug-likeness (QED) is 0.647. The molecule has 0 aliphatic rings. The van der Waals surface area contributed by atoms with E-state index in [-0.39, 0.29) is 23.1 Å². The first-order valence-electron chi connectivity index (χ1n) is 4.31. The lowest BCUT2D eigenvalue weighted by Gasteiger charge is -2.14. The molecule has 0 fully saturated rings. The fraction of sp³-hybridized carbons (Fsp3) is 0.333. The molecule has 0 aliphatic heterocycles. The van der Waals surface area contributed by atoms with Gasteiger partial charge in [-0.05, 0) is 18.6 Å². The van der Waals surface area contributed by atoms with Crippen molar-refractivity contribution in [1.82, 2.24) is 0 Å². The van der Waals surface area contributed by atoms with Crippen molar-refractivity contribution in [3.8, 4) is 0 Å². The average molecular weight is 267 g/mol. The maximum Gasteiger partial charge on any atom is 0.288 e. The standard InChI is InChI=1S/C9H11ClN2O3.ClH/c1-5(13)9(11)6-2-3-7(10)8(4-6)12(14)15;/h2-5,9,13H,11H2,1H3;1H/t5-,9-;/m1./s1. The van der Waals surface area contributed by atoms with Crippen molar-refractivity contribution in [3.63, 3.8) is 0 Å². The molecule has 1 aromatic rings. The first-order valence-corrected chi connectivity index (χ1v) is 4.68. The number of nitro benzene ring substituents is 1. The fourth-order valence-corrected chi connectivity index (χ4v) is 1.34. The van der Waals surface area contributed by atoms with Crippen molar-refractivity contribution < 1.29 is 10.0 Å². The second-order valence-corrected chi connectivity index (χ2v) is 3.64. The number of nitrogens with two attached hydrogens (primary N) is 1. The van der Waals surface area contributed by atoms with Crippen LogP contribution in [0.25, 0.3) is 0 Å². The number of aliphatic hydroxyl groups is 1. The summed E-state index contributed by atoms with van der Waals surface area (Å²) in [5.74, 6) is 0. The van der Waals surface area contributed by atoms with E-state index in [0.29, 0.717) is 5.56 Å². The van der Waals surface area contributed by atoms with Gasteiger partial charge in [-0.15, -0.1) is 12.4 Å². The van der Waals surface area contributed by atoms with Gasteiger partial charge in [-0.3, -0.25) is 10.1 Å². The zero-order chi connectivity index (χ0) is 11.6. The number of benzene rings is 1. The molecule has 16 heavy (non-hydrogen) atoms. The summed E-state index contributed by atoms with van der Waals surface area (Å²) in [6.45, 7) is 1.52. The van der Waals surface area contributed by atoms with Gasteiger partial charge in [0.1, 0.15) is 5.02 Å². The number of nitrogens with zero attached hydrogens (tertiary/aromatic N) is 1. The van der Waals surface area contributed by atoms with E-state index in [1.807, 2.05) is 0 Å². The van der Waals surface area contributed by atoms with Crippen LogP contribution in [-0.4, -0.2) is 16.1 Å². The molecule has 0 saturated carbocycles. The Morgan fingerprint density at radius 3 is 2.56 bits per heavy atom. The minimum Gasteiger partial charge on any atom is -0.391 e. The lowest BCUT2D eigenvalue weighted by atomic mass is 10.0. The number of hydrogen-bond acceptors (Lipinski definition) is 4. The first-order chi connectivity index (χ1) is 6.93. The minimum absolute atomic E-state index is 0. The molecule has 0 amide bonds. The lowest BCUT2D eigenvalue weighted by molar-refractivity contribution is -0.384. The van der Waals surface area contributed by atoms with Gasteiger partial charge in [-0.1, -0.05) is 17.7 Å². The summed E-state index contributed by atoms with van der Waals surface area (Å²) in [6.07, 6.45) is -0.772. The van der Waals surface area contributed by atoms with E-state index in [1.54, 1.807) is 6.07 Å². The molecule has 0 aromatic heterocycles. The Labute approximate surface area is 104 Å². The number of nitro groups is 1. The smallest absolute Gasteiger partial charge is 0.288 e. The summed E-state index contributed by atoms with van der Waals surface area (Å²) >= 11 is 5.63. The third-order valence-electron chi connectivity index (χ3n) is 2.07. The molecule has 1 aromatic carbocycles. The predicted molar refractivity (Wildman–Crippen MR) is 64.0 cm³/mol. The number of halogens is 2. The van der Waals surface area contributed by atoms with Crippen LogP contribution in [0.4, 0.5) is 5.69 Å². The van der Waals surface area contributed by atoms with Crippen LogP contribution in [0.2, 0.25) is 5.02 Å². The fourth-order valence-electron chi connectivity index (χ4n) is 1.16. The molecule has 0 spiro atoms. The molecule has 1 rings (SSSR count). The SMILES string of the molecule is C[C@@H](O)[C@@H](N)c1ccc(Cl)c([N+](=O)[O-])c1.Cl. The molecule has 0 heterocycles. The molecule has 0 radical (unpaired) electrons. The maximum absolute atomic E-state index is 10.6. The highest BCUT2D eigenvalue weighted by atomic mass is 35.5. The van der Waals surface area contributed by atoms with Crippen LogP contribution in [-0.2, 0) is 0 Å². The van der Waals surface area contributed by atoms with Crippen LogP contribution in [0.15, 0.2) is 18.2 Å². The number of aliphatic hydroxyl groups excluding tert-OH is 1. The van der Waals surface area contributed by atoms with E-state index in [4.69, 9.17) is 17.3 Å². The molecule has 3 N–H and O–H groups in total. The van der Waals surface area contributed by atoms with Gasteiger partial charge in [0, 0.05) is 6.07 Å². The Bertz CT molecular complexity index is 385. The summed E-state index contributed by atoms with van der Waals surface area (Å²) in [5, 5.41) is 19.9. The number of rotatable bonds is 3. The Morgan fingerprint density at radius 2 is 2.12 bits per heavy atom. The third kappa shape index (κ3) is 3.31. The maximum atomic E-state index is 10.6. The van der Waals surface area contributed by atoms with Crippen LogP contribution < -0.4 is 5.73 Å². The van der Waals surface area contributed by atoms with E-state index in [0.717, 1.165) is 0 Å². The van der Waals surface area contributed by atoms with Crippen molar-refractivity contribution in [3.05, 3.63) is 38.9 Å². The van der Waals surface area contributed by atoms with Crippen molar-refractivity contribution in [2.24, 2.45) is 5.73 Å². The molecule has 0 unspecified atom stereocenters. The van der Waals surface area contributed by atoms with Crippen LogP contribution in [0, 0.1) is 10.1 Å². The van der Waals surface area contributed by atoms with Gasteiger partial charge in [0.2, 0.25) is 0 Å². The van der Waals surface area contributed by atoms with Crippen molar-refractivity contribution >= 4 is 29.7 Å². The molecule has 2 atom stereocenters. The molecular weight excluding hydrogens is 255 g/mol. The van der Waals surface area contributed by atoms with Gasteiger partial charge in [0.05, 0.1) is 17.1 Å². The second-order valence-electron chi connectivity index (χ2n) is 3.23. The molecule has 0 bridgehead atoms. The summed E-state index contributed by atoms with van der Waals surface area (Å²) in [5.41, 5.74) is 5.92. The van der Waals surface area contributed by atoms with Crippen LogP contribution in [0.5, 0.6) is 0 Å². The molecular formula is C9H12Cl2N2O3.